The van der Waals surface area contributed by atoms with Crippen molar-refractivity contribution in [3.8, 4) is 17.2 Å². The highest BCUT2D eigenvalue weighted by Gasteiger charge is 2.16. The Bertz CT molecular complexity index is 808. The number of phenolic OH excluding ortho intramolecular Hbond substituents is 2. The smallest absolute Gasteiger partial charge is 0.163 e. The van der Waals surface area contributed by atoms with E-state index in [1.807, 2.05) is 0 Å². The monoisotopic (exact) mass is 356 g/mol. The fraction of sp³-hybridized carbons (Fsp3) is 0.200. The van der Waals surface area contributed by atoms with Crippen molar-refractivity contribution < 1.29 is 29.6 Å². The number of benzene rings is 2. The highest BCUT2D eigenvalue weighted by molar-refractivity contribution is 6.06. The molecule has 1 unspecified atom stereocenters. The second-order valence-electron chi connectivity index (χ2n) is 5.76. The summed E-state index contributed by atoms with van der Waals surface area (Å²) in [6, 6.07) is 10.6. The minimum absolute atomic E-state index is 0.0654. The first kappa shape index (κ1) is 19.2. The molecule has 136 valence electrons. The third kappa shape index (κ3) is 5.46. The first-order valence-electron chi connectivity index (χ1n) is 7.95. The molecule has 2 rings (SSSR count). The van der Waals surface area contributed by atoms with Crippen LogP contribution in [0.1, 0.15) is 30.1 Å². The Kier molecular flexibility index (Phi) is 6.52. The van der Waals surface area contributed by atoms with Crippen LogP contribution in [0.5, 0.6) is 17.2 Å². The Balaban J connectivity index is 1.91. The van der Waals surface area contributed by atoms with Crippen molar-refractivity contribution in [2.24, 2.45) is 0 Å². The molecule has 0 amide bonds. The number of methoxy groups -OCH3 is 1. The molecule has 0 aliphatic heterocycles. The molecule has 0 bridgehead atoms. The molecular weight excluding hydrogens is 336 g/mol. The summed E-state index contributed by atoms with van der Waals surface area (Å²) in [4.78, 5) is 23.9. The van der Waals surface area contributed by atoms with E-state index in [9.17, 15) is 24.9 Å². The molecule has 1 atom stereocenters. The number of rotatable bonds is 8. The highest BCUT2D eigenvalue weighted by atomic mass is 16.5. The number of allylic oxidation sites excluding steroid dienone is 1. The molecule has 2 aromatic carbocycles. The van der Waals surface area contributed by atoms with Crippen LogP contribution in [-0.2, 0) is 9.59 Å². The molecule has 0 aliphatic carbocycles. The summed E-state index contributed by atoms with van der Waals surface area (Å²) in [5.41, 5.74) is 1.14. The number of aliphatic hydroxyl groups excluding tert-OH is 1. The number of Topliss-reactive ketones (excluding diaryl/α,β-unsaturated/α-hetero) is 1. The van der Waals surface area contributed by atoms with Crippen molar-refractivity contribution in [3.63, 3.8) is 0 Å². The van der Waals surface area contributed by atoms with Crippen molar-refractivity contribution in [1.29, 1.82) is 0 Å². The van der Waals surface area contributed by atoms with Crippen molar-refractivity contribution in [1.82, 2.24) is 0 Å². The average molecular weight is 356 g/mol. The van der Waals surface area contributed by atoms with E-state index >= 15 is 0 Å². The van der Waals surface area contributed by atoms with Gasteiger partial charge in [-0.15, -0.1) is 0 Å². The molecule has 0 saturated heterocycles. The van der Waals surface area contributed by atoms with Gasteiger partial charge in [-0.3, -0.25) is 9.59 Å². The maximum absolute atomic E-state index is 12.0. The van der Waals surface area contributed by atoms with Crippen LogP contribution in [0.4, 0.5) is 0 Å². The van der Waals surface area contributed by atoms with Gasteiger partial charge in [0.15, 0.2) is 17.3 Å². The van der Waals surface area contributed by atoms with Crippen molar-refractivity contribution >= 4 is 17.6 Å². The summed E-state index contributed by atoms with van der Waals surface area (Å²) in [7, 11) is 1.38. The van der Waals surface area contributed by atoms with Crippen LogP contribution in [0.25, 0.3) is 6.08 Å². The van der Waals surface area contributed by atoms with Gasteiger partial charge < -0.3 is 20.1 Å². The first-order chi connectivity index (χ1) is 12.4. The third-order valence-electron chi connectivity index (χ3n) is 3.74. The summed E-state index contributed by atoms with van der Waals surface area (Å²) in [5, 5.41) is 28.9. The maximum Gasteiger partial charge on any atom is 0.163 e. The molecule has 0 fully saturated rings. The fourth-order valence-corrected chi connectivity index (χ4v) is 2.34. The SMILES string of the molecule is COc1cc(C(O)CC(=O)CC(=O)C=Cc2ccc(O)cc2)ccc1O. The number of ketones is 2. The summed E-state index contributed by atoms with van der Waals surface area (Å²) in [6.45, 7) is 0. The lowest BCUT2D eigenvalue weighted by atomic mass is 10.0. The van der Waals surface area contributed by atoms with Gasteiger partial charge in [-0.2, -0.15) is 0 Å². The molecule has 0 aromatic heterocycles. The van der Waals surface area contributed by atoms with Gasteiger partial charge in [0.05, 0.1) is 19.6 Å². The van der Waals surface area contributed by atoms with Crippen LogP contribution in [0.2, 0.25) is 0 Å². The molecule has 3 N–H and O–H groups in total. The van der Waals surface area contributed by atoms with E-state index in [1.165, 1.54) is 43.5 Å². The lowest BCUT2D eigenvalue weighted by Gasteiger charge is -2.12. The van der Waals surface area contributed by atoms with Gasteiger partial charge in [0.25, 0.3) is 0 Å². The van der Waals surface area contributed by atoms with Crippen molar-refractivity contribution in [3.05, 3.63) is 59.7 Å². The Morgan fingerprint density at radius 2 is 1.81 bits per heavy atom. The summed E-state index contributed by atoms with van der Waals surface area (Å²) in [6.07, 6.45) is 1.22. The van der Waals surface area contributed by atoms with Crippen LogP contribution in [0.15, 0.2) is 48.5 Å². The number of hydrogen-bond acceptors (Lipinski definition) is 6. The van der Waals surface area contributed by atoms with Crippen molar-refractivity contribution in [2.75, 3.05) is 7.11 Å². The summed E-state index contributed by atoms with van der Waals surface area (Å²) >= 11 is 0. The lowest BCUT2D eigenvalue weighted by Crippen LogP contribution is -2.10. The Labute approximate surface area is 151 Å². The minimum Gasteiger partial charge on any atom is -0.508 e. The van der Waals surface area contributed by atoms with E-state index in [1.54, 1.807) is 18.2 Å². The molecular formula is C20H20O6. The number of carbonyl (C=O) groups is 2. The zero-order chi connectivity index (χ0) is 19.1. The van der Waals surface area contributed by atoms with Gasteiger partial charge in [-0.05, 0) is 41.5 Å². The molecule has 0 saturated carbocycles. The molecule has 0 aliphatic rings. The van der Waals surface area contributed by atoms with Gasteiger partial charge in [0.2, 0.25) is 0 Å². The Morgan fingerprint density at radius 1 is 1.12 bits per heavy atom. The zero-order valence-corrected chi connectivity index (χ0v) is 14.3. The van der Waals surface area contributed by atoms with E-state index < -0.39 is 11.9 Å². The van der Waals surface area contributed by atoms with Crippen LogP contribution >= 0.6 is 0 Å². The van der Waals surface area contributed by atoms with Crippen LogP contribution in [0, 0.1) is 0 Å². The predicted molar refractivity (Wildman–Crippen MR) is 96.0 cm³/mol. The molecule has 0 heterocycles. The number of aliphatic hydroxyl groups is 1. The molecule has 26 heavy (non-hydrogen) atoms. The standard InChI is InChI=1S/C20H20O6/c1-26-20-10-14(5-9-18(20)24)19(25)12-17(23)11-16(22)8-4-13-2-6-15(21)7-3-13/h2-10,19,21,24-25H,11-12H2,1H3. The number of ether oxygens (including phenoxy) is 1. The normalized spacial score (nSPS) is 12.1. The largest absolute Gasteiger partial charge is 0.508 e. The summed E-state index contributed by atoms with van der Waals surface area (Å²) in [5.74, 6) is -0.516. The lowest BCUT2D eigenvalue weighted by molar-refractivity contribution is -0.126. The van der Waals surface area contributed by atoms with E-state index in [0.29, 0.717) is 5.56 Å². The van der Waals surface area contributed by atoms with Gasteiger partial charge in [0, 0.05) is 6.42 Å². The first-order valence-corrected chi connectivity index (χ1v) is 7.95. The molecule has 6 nitrogen and oxygen atoms in total. The number of carbonyl (C=O) groups excluding carboxylic acids is 2. The molecule has 6 heteroatoms. The van der Waals surface area contributed by atoms with Gasteiger partial charge in [-0.25, -0.2) is 0 Å². The minimum atomic E-state index is -1.09. The molecule has 2 aromatic rings. The second kappa shape index (κ2) is 8.82. The van der Waals surface area contributed by atoms with Crippen LogP contribution < -0.4 is 4.74 Å². The Morgan fingerprint density at radius 3 is 2.46 bits per heavy atom. The number of phenols is 2. The predicted octanol–water partition coefficient (Wildman–Crippen LogP) is 2.77. The van der Waals surface area contributed by atoms with E-state index in [-0.39, 0.29) is 35.9 Å². The van der Waals surface area contributed by atoms with Crippen molar-refractivity contribution in [2.45, 2.75) is 18.9 Å². The average Bonchev–Trinajstić information content (AvgIpc) is 2.61. The highest BCUT2D eigenvalue weighted by Crippen LogP contribution is 2.30. The molecule has 0 radical (unpaired) electrons. The number of aromatic hydroxyl groups is 2. The van der Waals surface area contributed by atoms with Gasteiger partial charge in [-0.1, -0.05) is 24.3 Å². The quantitative estimate of drug-likeness (QED) is 0.496. The van der Waals surface area contributed by atoms with E-state index in [0.717, 1.165) is 5.56 Å². The second-order valence-corrected chi connectivity index (χ2v) is 5.76. The van der Waals surface area contributed by atoms with E-state index in [2.05, 4.69) is 0 Å². The topological polar surface area (TPSA) is 104 Å². The van der Waals surface area contributed by atoms with E-state index in [4.69, 9.17) is 4.74 Å². The van der Waals surface area contributed by atoms with Gasteiger partial charge in [0.1, 0.15) is 11.5 Å². The third-order valence-corrected chi connectivity index (χ3v) is 3.74. The van der Waals surface area contributed by atoms with Crippen LogP contribution in [0.3, 0.4) is 0 Å². The van der Waals surface area contributed by atoms with Crippen LogP contribution in [-0.4, -0.2) is 34.0 Å². The van der Waals surface area contributed by atoms with Gasteiger partial charge >= 0.3 is 0 Å². The number of hydrogen-bond donors (Lipinski definition) is 3. The Hall–Kier alpha value is -3.12. The summed E-state index contributed by atoms with van der Waals surface area (Å²) < 4.78 is 4.96. The fourth-order valence-electron chi connectivity index (χ4n) is 2.34. The maximum atomic E-state index is 12.0. The molecule has 0 spiro atoms. The zero-order valence-electron chi connectivity index (χ0n) is 14.3.